The first-order valence-electron chi connectivity index (χ1n) is 5.62. The lowest BCUT2D eigenvalue weighted by molar-refractivity contribution is -0.144. The summed E-state index contributed by atoms with van der Waals surface area (Å²) in [5, 5.41) is 8.80. The summed E-state index contributed by atoms with van der Waals surface area (Å²) in [7, 11) is 1.28. The third kappa shape index (κ3) is 4.29. The van der Waals surface area contributed by atoms with Gasteiger partial charge in [-0.3, -0.25) is 4.79 Å². The Kier molecular flexibility index (Phi) is 5.33. The quantitative estimate of drug-likeness (QED) is 0.413. The predicted octanol–water partition coefficient (Wildman–Crippen LogP) is -2.10. The molecule has 0 radical (unpaired) electrons. The highest BCUT2D eigenvalue weighted by molar-refractivity contribution is 5.87. The van der Waals surface area contributed by atoms with Crippen LogP contribution in [0.25, 0.3) is 0 Å². The fourth-order valence-electron chi connectivity index (χ4n) is 1.67. The van der Waals surface area contributed by atoms with Gasteiger partial charge in [0.05, 0.1) is 13.2 Å². The second-order valence-corrected chi connectivity index (χ2v) is 4.13. The number of hydrogen-bond donors (Lipinski definition) is 4. The zero-order valence-electron chi connectivity index (χ0n) is 10.2. The SMILES string of the molecule is COC(=O)C(C)NC(=O)C(N)CC1CNCN1. The summed E-state index contributed by atoms with van der Waals surface area (Å²) in [5.41, 5.74) is 5.75. The number of hydrogen-bond acceptors (Lipinski definition) is 6. The molecule has 17 heavy (non-hydrogen) atoms. The van der Waals surface area contributed by atoms with Crippen molar-refractivity contribution < 1.29 is 14.3 Å². The molecule has 98 valence electrons. The lowest BCUT2D eigenvalue weighted by atomic mass is 10.1. The Balaban J connectivity index is 2.33. The minimum atomic E-state index is -0.673. The molecule has 3 unspecified atom stereocenters. The second kappa shape index (κ2) is 6.53. The highest BCUT2D eigenvalue weighted by Gasteiger charge is 2.24. The molecule has 0 aromatic carbocycles. The van der Waals surface area contributed by atoms with Gasteiger partial charge in [0.1, 0.15) is 6.04 Å². The standard InChI is InChI=1S/C10H20N4O3/c1-6(10(16)17-2)14-9(15)8(11)3-7-4-12-5-13-7/h6-8,12-13H,3-5,11H2,1-2H3,(H,14,15). The van der Waals surface area contributed by atoms with E-state index in [0.29, 0.717) is 6.42 Å². The van der Waals surface area contributed by atoms with Gasteiger partial charge in [-0.25, -0.2) is 4.79 Å². The summed E-state index contributed by atoms with van der Waals surface area (Å²) < 4.78 is 4.51. The highest BCUT2D eigenvalue weighted by atomic mass is 16.5. The molecular weight excluding hydrogens is 224 g/mol. The van der Waals surface area contributed by atoms with Gasteiger partial charge in [0.25, 0.3) is 0 Å². The average Bonchev–Trinajstić information content (AvgIpc) is 2.80. The molecule has 0 saturated carbocycles. The first-order chi connectivity index (χ1) is 8.04. The molecule has 0 spiro atoms. The maximum absolute atomic E-state index is 11.7. The van der Waals surface area contributed by atoms with E-state index in [-0.39, 0.29) is 11.9 Å². The van der Waals surface area contributed by atoms with Crippen molar-refractivity contribution in [2.24, 2.45) is 5.73 Å². The van der Waals surface area contributed by atoms with Gasteiger partial charge in [-0.2, -0.15) is 0 Å². The molecule has 7 nitrogen and oxygen atoms in total. The van der Waals surface area contributed by atoms with Crippen molar-refractivity contribution in [3.63, 3.8) is 0 Å². The van der Waals surface area contributed by atoms with Crippen LogP contribution in [0.2, 0.25) is 0 Å². The van der Waals surface area contributed by atoms with Crippen LogP contribution in [0.15, 0.2) is 0 Å². The molecule has 0 bridgehead atoms. The molecule has 1 amide bonds. The number of nitrogens with one attached hydrogen (secondary N) is 3. The number of amides is 1. The molecular formula is C10H20N4O3. The maximum atomic E-state index is 11.7. The number of carbonyl (C=O) groups is 2. The van der Waals surface area contributed by atoms with Gasteiger partial charge in [-0.1, -0.05) is 0 Å². The van der Waals surface area contributed by atoms with Crippen LogP contribution in [-0.4, -0.2) is 50.3 Å². The largest absolute Gasteiger partial charge is 0.467 e. The van der Waals surface area contributed by atoms with Crippen molar-refractivity contribution in [1.29, 1.82) is 0 Å². The Bertz CT molecular complexity index is 279. The van der Waals surface area contributed by atoms with E-state index in [1.165, 1.54) is 7.11 Å². The third-order valence-corrected chi connectivity index (χ3v) is 2.70. The molecule has 1 rings (SSSR count). The summed E-state index contributed by atoms with van der Waals surface area (Å²) in [6, 6.07) is -1.10. The molecule has 0 aromatic heterocycles. The van der Waals surface area contributed by atoms with E-state index in [0.717, 1.165) is 13.2 Å². The lowest BCUT2D eigenvalue weighted by Gasteiger charge is -2.18. The van der Waals surface area contributed by atoms with Gasteiger partial charge in [0, 0.05) is 19.3 Å². The summed E-state index contributed by atoms with van der Waals surface area (Å²) in [5.74, 6) is -0.817. The van der Waals surface area contributed by atoms with Gasteiger partial charge in [0.2, 0.25) is 5.91 Å². The van der Waals surface area contributed by atoms with Gasteiger partial charge in [0.15, 0.2) is 0 Å². The van der Waals surface area contributed by atoms with Crippen LogP contribution in [0.4, 0.5) is 0 Å². The first-order valence-corrected chi connectivity index (χ1v) is 5.62. The molecule has 7 heteroatoms. The zero-order chi connectivity index (χ0) is 12.8. The molecule has 0 aliphatic carbocycles. The molecule has 1 aliphatic rings. The Labute approximate surface area is 100 Å². The number of rotatable bonds is 5. The summed E-state index contributed by atoms with van der Waals surface area (Å²) in [4.78, 5) is 22.8. The highest BCUT2D eigenvalue weighted by Crippen LogP contribution is 1.99. The van der Waals surface area contributed by atoms with Gasteiger partial charge >= 0.3 is 5.97 Å². The Morgan fingerprint density at radius 2 is 2.29 bits per heavy atom. The average molecular weight is 244 g/mol. The Morgan fingerprint density at radius 3 is 2.82 bits per heavy atom. The van der Waals surface area contributed by atoms with Crippen LogP contribution in [-0.2, 0) is 14.3 Å². The van der Waals surface area contributed by atoms with Crippen LogP contribution >= 0.6 is 0 Å². The fourth-order valence-corrected chi connectivity index (χ4v) is 1.67. The van der Waals surface area contributed by atoms with Crippen LogP contribution in [0.5, 0.6) is 0 Å². The van der Waals surface area contributed by atoms with Crippen LogP contribution < -0.4 is 21.7 Å². The predicted molar refractivity (Wildman–Crippen MR) is 62.0 cm³/mol. The van der Waals surface area contributed by atoms with Gasteiger partial charge in [-0.05, 0) is 13.3 Å². The monoisotopic (exact) mass is 244 g/mol. The number of esters is 1. The molecule has 5 N–H and O–H groups in total. The fraction of sp³-hybridized carbons (Fsp3) is 0.800. The lowest BCUT2D eigenvalue weighted by Crippen LogP contribution is -2.49. The molecule has 1 heterocycles. The Morgan fingerprint density at radius 1 is 1.59 bits per heavy atom. The van der Waals surface area contributed by atoms with Crippen LogP contribution in [0.1, 0.15) is 13.3 Å². The Hall–Kier alpha value is -1.18. The molecule has 3 atom stereocenters. The maximum Gasteiger partial charge on any atom is 0.328 e. The topological polar surface area (TPSA) is 105 Å². The van der Waals surface area contributed by atoms with E-state index < -0.39 is 18.1 Å². The van der Waals surface area contributed by atoms with Crippen LogP contribution in [0, 0.1) is 0 Å². The van der Waals surface area contributed by atoms with Gasteiger partial charge < -0.3 is 26.4 Å². The van der Waals surface area contributed by atoms with E-state index in [2.05, 4.69) is 20.7 Å². The van der Waals surface area contributed by atoms with Crippen molar-refractivity contribution in [2.75, 3.05) is 20.3 Å². The molecule has 0 aromatic rings. The molecule has 1 saturated heterocycles. The number of nitrogens with two attached hydrogens (primary N) is 1. The zero-order valence-corrected chi connectivity index (χ0v) is 10.2. The van der Waals surface area contributed by atoms with Crippen molar-refractivity contribution in [3.8, 4) is 0 Å². The second-order valence-electron chi connectivity index (χ2n) is 4.13. The van der Waals surface area contributed by atoms with E-state index in [4.69, 9.17) is 5.73 Å². The van der Waals surface area contributed by atoms with Crippen molar-refractivity contribution >= 4 is 11.9 Å². The minimum absolute atomic E-state index is 0.198. The van der Waals surface area contributed by atoms with Crippen LogP contribution in [0.3, 0.4) is 0 Å². The summed E-state index contributed by atoms with van der Waals surface area (Å²) in [6.07, 6.45) is 0.534. The van der Waals surface area contributed by atoms with E-state index >= 15 is 0 Å². The number of carbonyl (C=O) groups excluding carboxylic acids is 2. The third-order valence-electron chi connectivity index (χ3n) is 2.70. The molecule has 1 fully saturated rings. The molecule has 1 aliphatic heterocycles. The van der Waals surface area contributed by atoms with Crippen molar-refractivity contribution in [1.82, 2.24) is 16.0 Å². The number of ether oxygens (including phenoxy) is 1. The smallest absolute Gasteiger partial charge is 0.328 e. The minimum Gasteiger partial charge on any atom is -0.467 e. The number of methoxy groups -OCH3 is 1. The van der Waals surface area contributed by atoms with Crippen molar-refractivity contribution in [3.05, 3.63) is 0 Å². The first kappa shape index (κ1) is 13.9. The van der Waals surface area contributed by atoms with E-state index in [9.17, 15) is 9.59 Å². The summed E-state index contributed by atoms with van der Waals surface area (Å²) in [6.45, 7) is 3.09. The van der Waals surface area contributed by atoms with E-state index in [1.54, 1.807) is 6.92 Å². The normalized spacial score (nSPS) is 22.9. The summed E-state index contributed by atoms with van der Waals surface area (Å²) >= 11 is 0. The van der Waals surface area contributed by atoms with Gasteiger partial charge in [-0.15, -0.1) is 0 Å². The van der Waals surface area contributed by atoms with Crippen molar-refractivity contribution in [2.45, 2.75) is 31.5 Å². The van der Waals surface area contributed by atoms with E-state index in [1.807, 2.05) is 0 Å².